The molecule has 0 bridgehead atoms. The van der Waals surface area contributed by atoms with Gasteiger partial charge >= 0.3 is 0 Å². The van der Waals surface area contributed by atoms with Crippen LogP contribution in [0, 0.1) is 0 Å². The lowest BCUT2D eigenvalue weighted by molar-refractivity contribution is -0.124. The maximum atomic E-state index is 12.3. The van der Waals surface area contributed by atoms with Gasteiger partial charge in [0.15, 0.2) is 0 Å². The van der Waals surface area contributed by atoms with Gasteiger partial charge < -0.3 is 14.1 Å². The summed E-state index contributed by atoms with van der Waals surface area (Å²) in [4.78, 5) is 14.2. The number of likely N-dealkylation sites (tertiary alicyclic amines) is 1. The van der Waals surface area contributed by atoms with Crippen molar-refractivity contribution < 1.29 is 13.9 Å². The summed E-state index contributed by atoms with van der Waals surface area (Å²) in [6, 6.07) is 10.1. The van der Waals surface area contributed by atoms with Crippen molar-refractivity contribution in [1.29, 1.82) is 0 Å². The van der Waals surface area contributed by atoms with Crippen LogP contribution in [-0.4, -0.2) is 30.5 Å². The summed E-state index contributed by atoms with van der Waals surface area (Å²) in [5.74, 6) is 2.18. The molecule has 1 amide bonds. The van der Waals surface area contributed by atoms with Gasteiger partial charge in [-0.2, -0.15) is 0 Å². The van der Waals surface area contributed by atoms with E-state index >= 15 is 0 Å². The Morgan fingerprint density at radius 1 is 1.30 bits per heavy atom. The first-order chi connectivity index (χ1) is 11.3. The maximum absolute atomic E-state index is 12.3. The summed E-state index contributed by atoms with van der Waals surface area (Å²) in [7, 11) is 0. The first-order valence-corrected chi connectivity index (χ1v) is 8.06. The van der Waals surface area contributed by atoms with Crippen LogP contribution in [0.4, 0.5) is 0 Å². The van der Waals surface area contributed by atoms with Crippen LogP contribution >= 0.6 is 0 Å². The number of furan rings is 1. The Balaban J connectivity index is 1.41. The third-order valence-corrected chi connectivity index (χ3v) is 4.62. The molecule has 1 atom stereocenters. The van der Waals surface area contributed by atoms with E-state index in [0.717, 1.165) is 38.3 Å². The molecule has 2 aliphatic rings. The molecule has 2 aromatic rings. The molecule has 4 nitrogen and oxygen atoms in total. The number of fused-ring (bicyclic) bond motifs is 1. The van der Waals surface area contributed by atoms with E-state index in [2.05, 4.69) is 18.2 Å². The summed E-state index contributed by atoms with van der Waals surface area (Å²) in [5.41, 5.74) is 2.62. The van der Waals surface area contributed by atoms with Crippen LogP contribution in [0.3, 0.4) is 0 Å². The van der Waals surface area contributed by atoms with E-state index < -0.39 is 0 Å². The lowest BCUT2D eigenvalue weighted by Gasteiger charge is -2.15. The smallest absolute Gasteiger partial charge is 0.246 e. The van der Waals surface area contributed by atoms with Gasteiger partial charge in [-0.25, -0.2) is 0 Å². The van der Waals surface area contributed by atoms with E-state index in [4.69, 9.17) is 9.15 Å². The monoisotopic (exact) mass is 309 g/mol. The molecule has 1 fully saturated rings. The van der Waals surface area contributed by atoms with Crippen molar-refractivity contribution in [2.75, 3.05) is 19.7 Å². The summed E-state index contributed by atoms with van der Waals surface area (Å²) in [6.45, 7) is 2.37. The van der Waals surface area contributed by atoms with E-state index in [1.807, 2.05) is 17.0 Å². The summed E-state index contributed by atoms with van der Waals surface area (Å²) < 4.78 is 10.8. The van der Waals surface area contributed by atoms with Crippen molar-refractivity contribution in [1.82, 2.24) is 4.90 Å². The molecule has 0 spiro atoms. The lowest BCUT2D eigenvalue weighted by atomic mass is 9.96. The molecular formula is C19H19NO3. The van der Waals surface area contributed by atoms with E-state index in [0.29, 0.717) is 11.7 Å². The zero-order chi connectivity index (χ0) is 15.6. The quantitative estimate of drug-likeness (QED) is 0.817. The molecule has 1 saturated heterocycles. The Morgan fingerprint density at radius 3 is 3.13 bits per heavy atom. The Labute approximate surface area is 135 Å². The van der Waals surface area contributed by atoms with Crippen molar-refractivity contribution in [2.45, 2.75) is 18.8 Å². The van der Waals surface area contributed by atoms with Gasteiger partial charge in [-0.15, -0.1) is 0 Å². The topological polar surface area (TPSA) is 42.7 Å². The fourth-order valence-electron chi connectivity index (χ4n) is 3.34. The highest BCUT2D eigenvalue weighted by molar-refractivity contribution is 5.91. The van der Waals surface area contributed by atoms with Gasteiger partial charge in [0.05, 0.1) is 12.9 Å². The fraction of sp³-hybridized carbons (Fsp3) is 0.316. The molecule has 23 heavy (non-hydrogen) atoms. The van der Waals surface area contributed by atoms with Gasteiger partial charge in [-0.3, -0.25) is 4.79 Å². The number of carbonyl (C=O) groups excluding carboxylic acids is 1. The van der Waals surface area contributed by atoms with Crippen LogP contribution in [0.5, 0.6) is 5.75 Å². The van der Waals surface area contributed by atoms with Crippen molar-refractivity contribution in [3.05, 3.63) is 59.6 Å². The fourth-order valence-corrected chi connectivity index (χ4v) is 3.34. The van der Waals surface area contributed by atoms with Crippen LogP contribution in [0.1, 0.15) is 29.2 Å². The molecular weight excluding hydrogens is 290 g/mol. The third-order valence-electron chi connectivity index (χ3n) is 4.62. The maximum Gasteiger partial charge on any atom is 0.246 e. The molecule has 0 radical (unpaired) electrons. The highest BCUT2D eigenvalue weighted by Gasteiger charge is 2.27. The normalized spacial score (nSPS) is 20.0. The van der Waals surface area contributed by atoms with E-state index in [1.165, 1.54) is 11.1 Å². The van der Waals surface area contributed by atoms with Crippen molar-refractivity contribution in [3.63, 3.8) is 0 Å². The van der Waals surface area contributed by atoms with Gasteiger partial charge in [-0.05, 0) is 41.8 Å². The van der Waals surface area contributed by atoms with Gasteiger partial charge in [-0.1, -0.05) is 12.1 Å². The number of rotatable bonds is 3. The second-order valence-corrected chi connectivity index (χ2v) is 6.08. The lowest BCUT2D eigenvalue weighted by Crippen LogP contribution is -2.26. The van der Waals surface area contributed by atoms with Crippen LogP contribution in [-0.2, 0) is 11.2 Å². The summed E-state index contributed by atoms with van der Waals surface area (Å²) in [5, 5.41) is 0. The third kappa shape index (κ3) is 2.89. The minimum absolute atomic E-state index is 0.0494. The number of benzene rings is 1. The Hall–Kier alpha value is -2.49. The highest BCUT2D eigenvalue weighted by Crippen LogP contribution is 2.33. The molecule has 1 aromatic carbocycles. The molecule has 0 saturated carbocycles. The number of hydrogen-bond donors (Lipinski definition) is 0. The van der Waals surface area contributed by atoms with Crippen LogP contribution in [0.25, 0.3) is 6.08 Å². The second kappa shape index (κ2) is 5.95. The van der Waals surface area contributed by atoms with Crippen molar-refractivity contribution in [3.8, 4) is 5.75 Å². The van der Waals surface area contributed by atoms with Gasteiger partial charge in [0.1, 0.15) is 11.5 Å². The van der Waals surface area contributed by atoms with Gasteiger partial charge in [0.2, 0.25) is 5.91 Å². The molecule has 0 N–H and O–H groups in total. The van der Waals surface area contributed by atoms with Gasteiger partial charge in [0, 0.05) is 31.5 Å². The zero-order valence-corrected chi connectivity index (χ0v) is 12.9. The molecule has 4 rings (SSSR count). The Kier molecular flexibility index (Phi) is 3.66. The first kappa shape index (κ1) is 14.1. The average molecular weight is 309 g/mol. The number of amides is 1. The second-order valence-electron chi connectivity index (χ2n) is 6.08. The number of hydrogen-bond acceptors (Lipinski definition) is 3. The van der Waals surface area contributed by atoms with E-state index in [9.17, 15) is 4.79 Å². The molecule has 2 aliphatic heterocycles. The van der Waals surface area contributed by atoms with E-state index in [-0.39, 0.29) is 5.91 Å². The summed E-state index contributed by atoms with van der Waals surface area (Å²) >= 11 is 0. The zero-order valence-electron chi connectivity index (χ0n) is 12.9. The molecule has 3 heterocycles. The van der Waals surface area contributed by atoms with Gasteiger partial charge in [0.25, 0.3) is 0 Å². The predicted molar refractivity (Wildman–Crippen MR) is 87.3 cm³/mol. The minimum Gasteiger partial charge on any atom is -0.493 e. The Bertz CT molecular complexity index is 733. The molecule has 4 heteroatoms. The van der Waals surface area contributed by atoms with Crippen LogP contribution in [0.2, 0.25) is 0 Å². The van der Waals surface area contributed by atoms with Crippen molar-refractivity contribution in [2.24, 2.45) is 0 Å². The molecule has 0 unspecified atom stereocenters. The molecule has 118 valence electrons. The number of nitrogens with zero attached hydrogens (tertiary/aromatic N) is 1. The van der Waals surface area contributed by atoms with E-state index in [1.54, 1.807) is 18.4 Å². The number of carbonyl (C=O) groups is 1. The highest BCUT2D eigenvalue weighted by atomic mass is 16.5. The number of ether oxygens (including phenoxy) is 1. The molecule has 1 aromatic heterocycles. The van der Waals surface area contributed by atoms with Crippen LogP contribution < -0.4 is 4.74 Å². The SMILES string of the molecule is O=C(/C=C/c1ccco1)N1CC[C@H](c2ccc3c(c2)CCO3)C1. The molecule has 0 aliphatic carbocycles. The largest absolute Gasteiger partial charge is 0.493 e. The van der Waals surface area contributed by atoms with Crippen molar-refractivity contribution >= 4 is 12.0 Å². The first-order valence-electron chi connectivity index (χ1n) is 8.06. The predicted octanol–water partition coefficient (Wildman–Crippen LogP) is 3.24. The summed E-state index contributed by atoms with van der Waals surface area (Å²) in [6.07, 6.45) is 6.93. The Morgan fingerprint density at radius 2 is 2.26 bits per heavy atom. The van der Waals surface area contributed by atoms with Crippen LogP contribution in [0.15, 0.2) is 47.1 Å². The minimum atomic E-state index is 0.0494. The average Bonchev–Trinajstić information content (AvgIpc) is 3.32. The standard InChI is InChI=1S/C19H19NO3/c21-19(6-4-17-2-1-10-22-17)20-9-7-16(13-20)14-3-5-18-15(12-14)8-11-23-18/h1-6,10,12,16H,7-9,11,13H2/b6-4+/t16-/m0/s1.